The van der Waals surface area contributed by atoms with Crippen LogP contribution in [-0.4, -0.2) is 45.5 Å². The quantitative estimate of drug-likeness (QED) is 0.808. The maximum atomic E-state index is 12.4. The number of hydrogen-bond donors (Lipinski definition) is 2. The number of thioether (sulfide) groups is 1. The van der Waals surface area contributed by atoms with Gasteiger partial charge >= 0.3 is 0 Å². The summed E-state index contributed by atoms with van der Waals surface area (Å²) in [5.41, 5.74) is 1.34. The third kappa shape index (κ3) is 5.02. The van der Waals surface area contributed by atoms with Crippen LogP contribution in [0.3, 0.4) is 0 Å². The molecule has 1 rings (SSSR count). The van der Waals surface area contributed by atoms with Crippen molar-refractivity contribution in [1.82, 2.24) is 15.1 Å². The van der Waals surface area contributed by atoms with Gasteiger partial charge in [0.2, 0.25) is 0 Å². The number of aliphatic hydroxyl groups excluding tert-OH is 1. The molecule has 0 aliphatic carbocycles. The fraction of sp³-hybridized carbons (Fsp3) is 0.750. The van der Waals surface area contributed by atoms with Crippen LogP contribution in [0.25, 0.3) is 0 Å². The van der Waals surface area contributed by atoms with Gasteiger partial charge in [-0.15, -0.1) is 0 Å². The number of nitrogens with one attached hydrogen (secondary N) is 1. The highest BCUT2D eigenvalue weighted by Crippen LogP contribution is 2.23. The molecule has 0 fully saturated rings. The maximum absolute atomic E-state index is 12.4. The van der Waals surface area contributed by atoms with E-state index in [0.717, 1.165) is 11.4 Å². The topological polar surface area (TPSA) is 67.2 Å². The van der Waals surface area contributed by atoms with Crippen molar-refractivity contribution in [1.29, 1.82) is 0 Å². The van der Waals surface area contributed by atoms with Crippen LogP contribution in [0.1, 0.15) is 63.1 Å². The third-order valence-corrected chi connectivity index (χ3v) is 4.11. The van der Waals surface area contributed by atoms with Gasteiger partial charge in [-0.2, -0.15) is 16.9 Å². The summed E-state index contributed by atoms with van der Waals surface area (Å²) < 4.78 is 1.93. The van der Waals surface area contributed by atoms with E-state index in [-0.39, 0.29) is 24.1 Å². The van der Waals surface area contributed by atoms with Gasteiger partial charge in [0.15, 0.2) is 0 Å². The minimum atomic E-state index is -0.169. The van der Waals surface area contributed by atoms with Crippen LogP contribution in [0.5, 0.6) is 0 Å². The lowest BCUT2D eigenvalue weighted by Crippen LogP contribution is -2.37. The molecule has 6 heteroatoms. The average molecular weight is 327 g/mol. The summed E-state index contributed by atoms with van der Waals surface area (Å²) in [7, 11) is 0. The number of aliphatic hydroxyl groups is 1. The van der Waals surface area contributed by atoms with Crippen LogP contribution in [0, 0.1) is 0 Å². The zero-order valence-electron chi connectivity index (χ0n) is 14.5. The molecule has 126 valence electrons. The molecule has 0 aliphatic rings. The van der Waals surface area contributed by atoms with E-state index in [1.807, 2.05) is 17.0 Å². The minimum Gasteiger partial charge on any atom is -0.396 e. The lowest BCUT2D eigenvalue weighted by Gasteiger charge is -2.23. The van der Waals surface area contributed by atoms with E-state index in [9.17, 15) is 4.79 Å². The first-order valence-corrected chi connectivity index (χ1v) is 9.11. The van der Waals surface area contributed by atoms with Crippen LogP contribution in [0.4, 0.5) is 0 Å². The Kier molecular flexibility index (Phi) is 6.94. The minimum absolute atomic E-state index is 0.0326. The number of aromatic nitrogens is 2. The molecule has 0 radical (unpaired) electrons. The van der Waals surface area contributed by atoms with Crippen LogP contribution in [0.15, 0.2) is 6.07 Å². The van der Waals surface area contributed by atoms with Gasteiger partial charge in [-0.3, -0.25) is 9.48 Å². The predicted molar refractivity (Wildman–Crippen MR) is 92.7 cm³/mol. The molecule has 1 aromatic rings. The Balaban J connectivity index is 2.98. The van der Waals surface area contributed by atoms with Crippen LogP contribution >= 0.6 is 11.8 Å². The molecule has 0 aromatic carbocycles. The van der Waals surface area contributed by atoms with Gasteiger partial charge in [-0.05, 0) is 45.4 Å². The van der Waals surface area contributed by atoms with Gasteiger partial charge in [0.05, 0.1) is 5.54 Å². The second-order valence-corrected chi connectivity index (χ2v) is 7.74. The lowest BCUT2D eigenvalue weighted by molar-refractivity contribution is 0.0928. The number of rotatable bonds is 7. The Bertz CT molecular complexity index is 486. The van der Waals surface area contributed by atoms with E-state index in [1.165, 1.54) is 0 Å². The van der Waals surface area contributed by atoms with E-state index < -0.39 is 0 Å². The van der Waals surface area contributed by atoms with Gasteiger partial charge in [-0.25, -0.2) is 0 Å². The highest BCUT2D eigenvalue weighted by atomic mass is 32.2. The fourth-order valence-electron chi connectivity index (χ4n) is 2.27. The van der Waals surface area contributed by atoms with E-state index in [2.05, 4.69) is 45.0 Å². The molecule has 1 heterocycles. The van der Waals surface area contributed by atoms with Crippen molar-refractivity contribution >= 4 is 17.7 Å². The summed E-state index contributed by atoms with van der Waals surface area (Å²) in [5, 5.41) is 16.6. The summed E-state index contributed by atoms with van der Waals surface area (Å²) >= 11 is 1.65. The van der Waals surface area contributed by atoms with Gasteiger partial charge in [-0.1, -0.05) is 13.8 Å². The largest absolute Gasteiger partial charge is 0.396 e. The van der Waals surface area contributed by atoms with E-state index in [1.54, 1.807) is 11.8 Å². The van der Waals surface area contributed by atoms with Gasteiger partial charge in [0, 0.05) is 24.1 Å². The maximum Gasteiger partial charge on any atom is 0.272 e. The van der Waals surface area contributed by atoms with Crippen LogP contribution in [-0.2, 0) is 5.54 Å². The van der Waals surface area contributed by atoms with Crippen LogP contribution in [0.2, 0.25) is 0 Å². The first-order valence-electron chi connectivity index (χ1n) is 7.71. The second kappa shape index (κ2) is 8.02. The molecular weight excluding hydrogens is 298 g/mol. The van der Waals surface area contributed by atoms with Crippen molar-refractivity contribution < 1.29 is 9.90 Å². The molecule has 0 saturated carbocycles. The second-order valence-electron chi connectivity index (χ2n) is 6.83. The molecule has 5 nitrogen and oxygen atoms in total. The van der Waals surface area contributed by atoms with E-state index in [0.29, 0.717) is 18.0 Å². The number of nitrogens with zero attached hydrogens (tertiary/aromatic N) is 2. The Hall–Kier alpha value is -1.01. The SMILES string of the molecule is CSCC(CCO)NC(=O)c1cc(C(C)C)n(C(C)(C)C)n1. The molecule has 0 saturated heterocycles. The first kappa shape index (κ1) is 19.0. The predicted octanol–water partition coefficient (Wildman–Crippen LogP) is 2.61. The first-order chi connectivity index (χ1) is 10.2. The summed E-state index contributed by atoms with van der Waals surface area (Å²) in [5.74, 6) is 0.911. The fourth-order valence-corrected chi connectivity index (χ4v) is 2.92. The normalized spacial score (nSPS) is 13.5. The molecule has 22 heavy (non-hydrogen) atoms. The summed E-state index contributed by atoms with van der Waals surface area (Å²) in [4.78, 5) is 12.4. The Morgan fingerprint density at radius 1 is 1.45 bits per heavy atom. The molecular formula is C16H29N3O2S. The Labute approximate surface area is 137 Å². The van der Waals surface area contributed by atoms with Crippen molar-refractivity contribution in [2.45, 2.75) is 58.5 Å². The molecule has 0 aliphatic heterocycles. The Morgan fingerprint density at radius 2 is 2.09 bits per heavy atom. The van der Waals surface area contributed by atoms with Crippen molar-refractivity contribution in [2.24, 2.45) is 0 Å². The summed E-state index contributed by atoms with van der Waals surface area (Å²) in [6.07, 6.45) is 2.55. The molecule has 1 atom stereocenters. The average Bonchev–Trinajstić information content (AvgIpc) is 2.84. The molecule has 1 aromatic heterocycles. The number of carbonyl (C=O) groups is 1. The third-order valence-electron chi connectivity index (χ3n) is 3.38. The zero-order chi connectivity index (χ0) is 16.9. The molecule has 2 N–H and O–H groups in total. The van der Waals surface area contributed by atoms with Gasteiger partial charge in [0.25, 0.3) is 5.91 Å². The van der Waals surface area contributed by atoms with Crippen LogP contribution < -0.4 is 5.32 Å². The van der Waals surface area contributed by atoms with E-state index in [4.69, 9.17) is 5.11 Å². The van der Waals surface area contributed by atoms with Crippen molar-refractivity contribution in [3.63, 3.8) is 0 Å². The molecule has 1 amide bonds. The highest BCUT2D eigenvalue weighted by Gasteiger charge is 2.24. The Morgan fingerprint density at radius 3 is 2.50 bits per heavy atom. The van der Waals surface area contributed by atoms with E-state index >= 15 is 0 Å². The number of amides is 1. The van der Waals surface area contributed by atoms with Crippen molar-refractivity contribution in [2.75, 3.05) is 18.6 Å². The standard InChI is InChI=1S/C16H29N3O2S/c1-11(2)14-9-13(18-19(14)16(3,4)5)15(21)17-12(7-8-20)10-22-6/h9,11-12,20H,7-8,10H2,1-6H3,(H,17,21). The lowest BCUT2D eigenvalue weighted by atomic mass is 10.1. The zero-order valence-corrected chi connectivity index (χ0v) is 15.3. The molecule has 1 unspecified atom stereocenters. The van der Waals surface area contributed by atoms with Gasteiger partial charge < -0.3 is 10.4 Å². The van der Waals surface area contributed by atoms with Crippen molar-refractivity contribution in [3.8, 4) is 0 Å². The molecule has 0 bridgehead atoms. The van der Waals surface area contributed by atoms with Gasteiger partial charge in [0.1, 0.15) is 5.69 Å². The smallest absolute Gasteiger partial charge is 0.272 e. The highest BCUT2D eigenvalue weighted by molar-refractivity contribution is 7.98. The van der Waals surface area contributed by atoms with Crippen molar-refractivity contribution in [3.05, 3.63) is 17.5 Å². The summed E-state index contributed by atoms with van der Waals surface area (Å²) in [6.45, 7) is 10.5. The summed E-state index contributed by atoms with van der Waals surface area (Å²) in [6, 6.07) is 1.84. The monoisotopic (exact) mass is 327 g/mol. The number of hydrogen-bond acceptors (Lipinski definition) is 4. The molecule has 0 spiro atoms. The number of carbonyl (C=O) groups excluding carboxylic acids is 1.